The van der Waals surface area contributed by atoms with Gasteiger partial charge in [0.2, 0.25) is 0 Å². The normalized spacial score (nSPS) is 16.5. The van der Waals surface area contributed by atoms with E-state index in [9.17, 15) is 4.79 Å². The number of carbonyl (C=O) groups is 1. The van der Waals surface area contributed by atoms with Gasteiger partial charge in [-0.1, -0.05) is 12.1 Å². The van der Waals surface area contributed by atoms with Crippen molar-refractivity contribution in [2.75, 3.05) is 38.3 Å². The fourth-order valence-corrected chi connectivity index (χ4v) is 4.45. The number of hydrogen-bond acceptors (Lipinski definition) is 7. The van der Waals surface area contributed by atoms with Crippen molar-refractivity contribution in [1.82, 2.24) is 20.1 Å². The van der Waals surface area contributed by atoms with E-state index in [2.05, 4.69) is 36.2 Å². The van der Waals surface area contributed by atoms with Gasteiger partial charge in [-0.15, -0.1) is 0 Å². The fraction of sp³-hybridized carbons (Fsp3) is 0.458. The predicted molar refractivity (Wildman–Crippen MR) is 134 cm³/mol. The first kappa shape index (κ1) is 24.3. The molecule has 1 unspecified atom stereocenters. The predicted octanol–water partition coefficient (Wildman–Crippen LogP) is 3.98. The Hall–Kier alpha value is -2.85. The number of benzene rings is 1. The quantitative estimate of drug-likeness (QED) is 0.514. The lowest BCUT2D eigenvalue weighted by atomic mass is 10.2. The zero-order valence-corrected chi connectivity index (χ0v) is 21.5. The number of methoxy groups -OCH3 is 1. The molecule has 34 heavy (non-hydrogen) atoms. The molecule has 182 valence electrons. The van der Waals surface area contributed by atoms with E-state index < -0.39 is 11.7 Å². The Balaban J connectivity index is 1.49. The number of anilines is 1. The molecule has 1 aromatic carbocycles. The SMILES string of the molecule is COc1ccc(Cn2ncc3c(N4CCOC(CNC(=O)OC(C)(C)C)C4)c(Br)cnc32)cc1. The number of ether oxygens (including phenoxy) is 3. The number of amides is 1. The largest absolute Gasteiger partial charge is 0.497 e. The first-order valence-corrected chi connectivity index (χ1v) is 12.0. The summed E-state index contributed by atoms with van der Waals surface area (Å²) in [6, 6.07) is 7.93. The van der Waals surface area contributed by atoms with Crippen LogP contribution in [-0.2, 0) is 16.0 Å². The van der Waals surface area contributed by atoms with Gasteiger partial charge in [-0.25, -0.2) is 14.5 Å². The molecular weight excluding hydrogens is 502 g/mol. The highest BCUT2D eigenvalue weighted by atomic mass is 79.9. The number of carbonyl (C=O) groups excluding carboxylic acids is 1. The third-order valence-corrected chi connectivity index (χ3v) is 5.99. The summed E-state index contributed by atoms with van der Waals surface area (Å²) in [6.45, 7) is 8.39. The molecule has 0 bridgehead atoms. The summed E-state index contributed by atoms with van der Waals surface area (Å²) < 4.78 is 19.3. The third-order valence-electron chi connectivity index (χ3n) is 5.41. The molecule has 1 aliphatic heterocycles. The van der Waals surface area contributed by atoms with E-state index in [-0.39, 0.29) is 6.10 Å². The van der Waals surface area contributed by atoms with Gasteiger partial charge in [-0.05, 0) is 54.4 Å². The van der Waals surface area contributed by atoms with Crippen LogP contribution in [0.25, 0.3) is 11.0 Å². The molecule has 1 saturated heterocycles. The van der Waals surface area contributed by atoms with Crippen molar-refractivity contribution >= 4 is 38.7 Å². The van der Waals surface area contributed by atoms with E-state index in [4.69, 9.17) is 14.2 Å². The molecule has 10 heteroatoms. The molecule has 1 aliphatic rings. The minimum absolute atomic E-state index is 0.161. The van der Waals surface area contributed by atoms with Crippen molar-refractivity contribution in [2.45, 2.75) is 39.0 Å². The van der Waals surface area contributed by atoms with Crippen molar-refractivity contribution in [3.8, 4) is 5.75 Å². The molecule has 0 radical (unpaired) electrons. The molecule has 2 aromatic heterocycles. The summed E-state index contributed by atoms with van der Waals surface area (Å²) in [5.74, 6) is 0.821. The van der Waals surface area contributed by atoms with Crippen molar-refractivity contribution in [2.24, 2.45) is 0 Å². The van der Waals surface area contributed by atoms with E-state index >= 15 is 0 Å². The lowest BCUT2D eigenvalue weighted by Gasteiger charge is -2.35. The first-order valence-electron chi connectivity index (χ1n) is 11.2. The van der Waals surface area contributed by atoms with Crippen molar-refractivity contribution in [3.05, 3.63) is 46.7 Å². The van der Waals surface area contributed by atoms with Gasteiger partial charge in [0, 0.05) is 25.8 Å². The van der Waals surface area contributed by atoms with Crippen molar-refractivity contribution < 1.29 is 19.0 Å². The van der Waals surface area contributed by atoms with Crippen molar-refractivity contribution in [3.63, 3.8) is 0 Å². The fourth-order valence-electron chi connectivity index (χ4n) is 3.89. The van der Waals surface area contributed by atoms with Crippen LogP contribution in [0.1, 0.15) is 26.3 Å². The highest BCUT2D eigenvalue weighted by Crippen LogP contribution is 2.34. The summed E-state index contributed by atoms with van der Waals surface area (Å²) in [4.78, 5) is 18.9. The van der Waals surface area contributed by atoms with E-state index in [1.807, 2.05) is 62.1 Å². The van der Waals surface area contributed by atoms with Crippen LogP contribution in [0.4, 0.5) is 10.5 Å². The van der Waals surface area contributed by atoms with E-state index in [1.54, 1.807) is 7.11 Å². The number of halogens is 1. The standard InChI is InChI=1S/C24H30BrN5O4/c1-24(2,3)34-23(31)27-11-18-15-29(9-10-33-18)21-19-12-28-30(22(19)26-13-20(21)25)14-16-5-7-17(32-4)8-6-16/h5-8,12-13,18H,9-11,14-15H2,1-4H3,(H,27,31). The second-order valence-electron chi connectivity index (χ2n) is 9.16. The van der Waals surface area contributed by atoms with Crippen LogP contribution in [0.5, 0.6) is 5.75 Å². The van der Waals surface area contributed by atoms with Crippen LogP contribution in [0.15, 0.2) is 41.1 Å². The second kappa shape index (κ2) is 10.2. The summed E-state index contributed by atoms with van der Waals surface area (Å²) in [5, 5.41) is 8.38. The van der Waals surface area contributed by atoms with Crippen LogP contribution in [0.2, 0.25) is 0 Å². The third kappa shape index (κ3) is 5.79. The maximum Gasteiger partial charge on any atom is 0.407 e. The maximum atomic E-state index is 12.0. The van der Waals surface area contributed by atoms with Crippen LogP contribution in [0, 0.1) is 0 Å². The Bertz CT molecular complexity index is 1140. The monoisotopic (exact) mass is 531 g/mol. The molecule has 0 spiro atoms. The number of aromatic nitrogens is 3. The van der Waals surface area contributed by atoms with Crippen molar-refractivity contribution in [1.29, 1.82) is 0 Å². The zero-order chi connectivity index (χ0) is 24.3. The lowest BCUT2D eigenvalue weighted by molar-refractivity contribution is 0.0283. The minimum atomic E-state index is -0.539. The average Bonchev–Trinajstić information content (AvgIpc) is 3.19. The van der Waals surface area contributed by atoms with Gasteiger partial charge in [0.25, 0.3) is 0 Å². The highest BCUT2D eigenvalue weighted by Gasteiger charge is 2.26. The summed E-state index contributed by atoms with van der Waals surface area (Å²) in [7, 11) is 1.66. The number of rotatable bonds is 6. The summed E-state index contributed by atoms with van der Waals surface area (Å²) in [5.41, 5.74) is 2.40. The van der Waals surface area contributed by atoms with Gasteiger partial charge in [0.15, 0.2) is 5.65 Å². The molecule has 9 nitrogen and oxygen atoms in total. The molecule has 4 rings (SSSR count). The summed E-state index contributed by atoms with van der Waals surface area (Å²) >= 11 is 3.67. The number of alkyl carbamates (subject to hydrolysis) is 1. The topological polar surface area (TPSA) is 90.7 Å². The number of fused-ring (bicyclic) bond motifs is 1. The van der Waals surface area contributed by atoms with Gasteiger partial charge in [-0.3, -0.25) is 0 Å². The van der Waals surface area contributed by atoms with Gasteiger partial charge < -0.3 is 24.4 Å². The van der Waals surface area contributed by atoms with Gasteiger partial charge in [0.05, 0.1) is 48.1 Å². The Morgan fingerprint density at radius 2 is 2.03 bits per heavy atom. The van der Waals surface area contributed by atoms with Crippen LogP contribution in [-0.4, -0.2) is 65.9 Å². The van der Waals surface area contributed by atoms with Crippen LogP contribution < -0.4 is 15.0 Å². The van der Waals surface area contributed by atoms with E-state index in [0.717, 1.165) is 39.1 Å². The van der Waals surface area contributed by atoms with Crippen LogP contribution >= 0.6 is 15.9 Å². The second-order valence-corrected chi connectivity index (χ2v) is 10.0. The molecule has 0 aliphatic carbocycles. The number of morpholine rings is 1. The Morgan fingerprint density at radius 1 is 1.26 bits per heavy atom. The Kier molecular flexibility index (Phi) is 7.27. The zero-order valence-electron chi connectivity index (χ0n) is 19.9. The van der Waals surface area contributed by atoms with E-state index in [0.29, 0.717) is 26.2 Å². The smallest absolute Gasteiger partial charge is 0.407 e. The Labute approximate surface area is 207 Å². The summed E-state index contributed by atoms with van der Waals surface area (Å²) in [6.07, 6.45) is 3.06. The van der Waals surface area contributed by atoms with Gasteiger partial charge in [-0.2, -0.15) is 5.10 Å². The average molecular weight is 532 g/mol. The lowest BCUT2D eigenvalue weighted by Crippen LogP contribution is -2.48. The first-order chi connectivity index (χ1) is 16.2. The van der Waals surface area contributed by atoms with Crippen LogP contribution in [0.3, 0.4) is 0 Å². The molecule has 1 atom stereocenters. The molecule has 1 fully saturated rings. The number of nitrogens with one attached hydrogen (secondary N) is 1. The minimum Gasteiger partial charge on any atom is -0.497 e. The Morgan fingerprint density at radius 3 is 2.74 bits per heavy atom. The molecule has 0 saturated carbocycles. The number of hydrogen-bond donors (Lipinski definition) is 1. The number of nitrogens with zero attached hydrogens (tertiary/aromatic N) is 4. The molecular formula is C24H30BrN5O4. The molecule has 3 heterocycles. The molecule has 1 amide bonds. The van der Waals surface area contributed by atoms with Gasteiger partial charge in [0.1, 0.15) is 11.4 Å². The number of pyridine rings is 1. The van der Waals surface area contributed by atoms with Gasteiger partial charge >= 0.3 is 6.09 Å². The maximum absolute atomic E-state index is 12.0. The van der Waals surface area contributed by atoms with E-state index in [1.165, 1.54) is 0 Å². The highest BCUT2D eigenvalue weighted by molar-refractivity contribution is 9.10. The molecule has 1 N–H and O–H groups in total. The molecule has 3 aromatic rings.